The number of carbonyl (C=O) groups is 1. The number of carbonyl (C=O) groups excluding carboxylic acids is 1. The van der Waals surface area contributed by atoms with Crippen molar-refractivity contribution in [2.45, 2.75) is 19.4 Å². The number of halogens is 1. The van der Waals surface area contributed by atoms with E-state index in [-0.39, 0.29) is 18.2 Å². The molecule has 2 aromatic carbocycles. The van der Waals surface area contributed by atoms with Crippen LogP contribution in [-0.2, 0) is 11.3 Å². The summed E-state index contributed by atoms with van der Waals surface area (Å²) in [4.78, 5) is 12.5. The van der Waals surface area contributed by atoms with Gasteiger partial charge in [0, 0.05) is 37.9 Å². The first kappa shape index (κ1) is 20.1. The Bertz CT molecular complexity index is 822. The molecule has 3 rings (SSSR count). The first-order valence-electron chi connectivity index (χ1n) is 9.30. The topological polar surface area (TPSA) is 82.8 Å². The van der Waals surface area contributed by atoms with Gasteiger partial charge < -0.3 is 25.3 Å². The molecule has 0 radical (unpaired) electrons. The minimum absolute atomic E-state index is 0.194. The second-order valence-corrected chi connectivity index (χ2v) is 6.74. The molecule has 0 spiro atoms. The van der Waals surface area contributed by atoms with Gasteiger partial charge >= 0.3 is 0 Å². The zero-order valence-electron chi connectivity index (χ0n) is 15.9. The summed E-state index contributed by atoms with van der Waals surface area (Å²) in [7, 11) is 1.50. The van der Waals surface area contributed by atoms with Crippen molar-refractivity contribution in [1.29, 1.82) is 0 Å². The fourth-order valence-electron chi connectivity index (χ4n) is 3.13. The quantitative estimate of drug-likeness (QED) is 0.725. The zero-order valence-corrected chi connectivity index (χ0v) is 15.9. The number of nitrogens with two attached hydrogens (primary N) is 1. The summed E-state index contributed by atoms with van der Waals surface area (Å²) in [6, 6.07) is 9.16. The average Bonchev–Trinajstić information content (AvgIpc) is 3.20. The summed E-state index contributed by atoms with van der Waals surface area (Å²) in [5.74, 6) is 0.915. The van der Waals surface area contributed by atoms with Crippen molar-refractivity contribution in [2.24, 2.45) is 11.7 Å². The summed E-state index contributed by atoms with van der Waals surface area (Å²) < 4.78 is 30.2. The normalized spacial score (nSPS) is 16.0. The Hall–Kier alpha value is -2.64. The average molecular weight is 388 g/mol. The van der Waals surface area contributed by atoms with Gasteiger partial charge in [-0.3, -0.25) is 4.79 Å². The maximum absolute atomic E-state index is 13.7. The Labute approximate surface area is 163 Å². The summed E-state index contributed by atoms with van der Waals surface area (Å²) in [5, 5.41) is 2.91. The van der Waals surface area contributed by atoms with Crippen molar-refractivity contribution in [2.75, 3.05) is 26.9 Å². The standard InChI is InChI=1S/C21H25FN2O4/c1-26-19-3-2-16(21(25)24-6-4-14-5-7-27-13-14)10-20(19)28-18-9-15(12-23)8-17(22)11-18/h2-3,8-11,14H,4-7,12-13,23H2,1H3,(H,24,25). The van der Waals surface area contributed by atoms with Crippen molar-refractivity contribution >= 4 is 5.91 Å². The minimum atomic E-state index is -0.443. The molecule has 28 heavy (non-hydrogen) atoms. The Morgan fingerprint density at radius 3 is 2.86 bits per heavy atom. The third-order valence-corrected chi connectivity index (χ3v) is 4.68. The second-order valence-electron chi connectivity index (χ2n) is 6.74. The highest BCUT2D eigenvalue weighted by Crippen LogP contribution is 2.33. The number of methoxy groups -OCH3 is 1. The zero-order chi connectivity index (χ0) is 19.9. The number of rotatable bonds is 8. The predicted octanol–water partition coefficient (Wildman–Crippen LogP) is 3.24. The Morgan fingerprint density at radius 1 is 1.29 bits per heavy atom. The van der Waals surface area contributed by atoms with Crippen LogP contribution < -0.4 is 20.5 Å². The third-order valence-electron chi connectivity index (χ3n) is 4.68. The molecule has 0 saturated carbocycles. The van der Waals surface area contributed by atoms with E-state index in [2.05, 4.69) is 5.32 Å². The fourth-order valence-corrected chi connectivity index (χ4v) is 3.13. The van der Waals surface area contributed by atoms with Gasteiger partial charge in [-0.15, -0.1) is 0 Å². The van der Waals surface area contributed by atoms with Gasteiger partial charge in [0.25, 0.3) is 5.91 Å². The van der Waals surface area contributed by atoms with Crippen LogP contribution in [0.3, 0.4) is 0 Å². The Kier molecular flexibility index (Phi) is 6.84. The van der Waals surface area contributed by atoms with E-state index in [1.807, 2.05) is 0 Å². The molecule has 1 aliphatic rings. The largest absolute Gasteiger partial charge is 0.493 e. The smallest absolute Gasteiger partial charge is 0.251 e. The maximum atomic E-state index is 13.7. The molecule has 7 heteroatoms. The SMILES string of the molecule is COc1ccc(C(=O)NCCC2CCOC2)cc1Oc1cc(F)cc(CN)c1. The summed E-state index contributed by atoms with van der Waals surface area (Å²) in [6.07, 6.45) is 1.92. The van der Waals surface area contributed by atoms with Gasteiger partial charge in [0.15, 0.2) is 11.5 Å². The van der Waals surface area contributed by atoms with Crippen LogP contribution in [0.4, 0.5) is 4.39 Å². The molecule has 1 aliphatic heterocycles. The number of ether oxygens (including phenoxy) is 3. The fraction of sp³-hybridized carbons (Fsp3) is 0.381. The van der Waals surface area contributed by atoms with E-state index in [4.69, 9.17) is 19.9 Å². The van der Waals surface area contributed by atoms with Crippen LogP contribution in [-0.4, -0.2) is 32.8 Å². The maximum Gasteiger partial charge on any atom is 0.251 e. The molecule has 150 valence electrons. The Balaban J connectivity index is 1.70. The lowest BCUT2D eigenvalue weighted by Crippen LogP contribution is -2.26. The van der Waals surface area contributed by atoms with E-state index in [0.717, 1.165) is 26.1 Å². The van der Waals surface area contributed by atoms with E-state index >= 15 is 0 Å². The molecule has 1 saturated heterocycles. The van der Waals surface area contributed by atoms with Gasteiger partial charge in [0.1, 0.15) is 11.6 Å². The Morgan fingerprint density at radius 2 is 2.14 bits per heavy atom. The second kappa shape index (κ2) is 9.52. The van der Waals surface area contributed by atoms with Gasteiger partial charge in [-0.2, -0.15) is 0 Å². The number of hydrogen-bond acceptors (Lipinski definition) is 5. The van der Waals surface area contributed by atoms with Crippen LogP contribution in [0.2, 0.25) is 0 Å². The summed E-state index contributed by atoms with van der Waals surface area (Å²) >= 11 is 0. The molecule has 3 N–H and O–H groups in total. The summed E-state index contributed by atoms with van der Waals surface area (Å²) in [6.45, 7) is 2.33. The van der Waals surface area contributed by atoms with Gasteiger partial charge in [-0.25, -0.2) is 4.39 Å². The van der Waals surface area contributed by atoms with Crippen LogP contribution in [0.5, 0.6) is 17.2 Å². The van der Waals surface area contributed by atoms with Gasteiger partial charge in [-0.1, -0.05) is 0 Å². The van der Waals surface area contributed by atoms with E-state index in [0.29, 0.717) is 35.1 Å². The number of hydrogen-bond donors (Lipinski definition) is 2. The molecule has 0 bridgehead atoms. The molecule has 2 aromatic rings. The number of amides is 1. The lowest BCUT2D eigenvalue weighted by Gasteiger charge is -2.13. The van der Waals surface area contributed by atoms with Gasteiger partial charge in [0.2, 0.25) is 0 Å². The highest BCUT2D eigenvalue weighted by atomic mass is 19.1. The van der Waals surface area contributed by atoms with Crippen LogP contribution >= 0.6 is 0 Å². The first-order valence-corrected chi connectivity index (χ1v) is 9.30. The molecule has 0 aliphatic carbocycles. The van der Waals surface area contributed by atoms with Gasteiger partial charge in [0.05, 0.1) is 7.11 Å². The number of benzene rings is 2. The van der Waals surface area contributed by atoms with Crippen molar-refractivity contribution in [3.8, 4) is 17.2 Å². The van der Waals surface area contributed by atoms with Crippen molar-refractivity contribution in [3.05, 3.63) is 53.3 Å². The highest BCUT2D eigenvalue weighted by Gasteiger charge is 2.16. The lowest BCUT2D eigenvalue weighted by atomic mass is 10.1. The van der Waals surface area contributed by atoms with Crippen LogP contribution in [0, 0.1) is 11.7 Å². The molecule has 1 heterocycles. The molecule has 1 amide bonds. The van der Waals surface area contributed by atoms with E-state index in [1.165, 1.54) is 19.2 Å². The molecule has 1 fully saturated rings. The minimum Gasteiger partial charge on any atom is -0.493 e. The predicted molar refractivity (Wildman–Crippen MR) is 103 cm³/mol. The third kappa shape index (κ3) is 5.21. The van der Waals surface area contributed by atoms with Crippen LogP contribution in [0.15, 0.2) is 36.4 Å². The molecule has 6 nitrogen and oxygen atoms in total. The van der Waals surface area contributed by atoms with Crippen molar-refractivity contribution < 1.29 is 23.4 Å². The van der Waals surface area contributed by atoms with E-state index in [9.17, 15) is 9.18 Å². The summed E-state index contributed by atoms with van der Waals surface area (Å²) in [5.41, 5.74) is 6.63. The number of nitrogens with one attached hydrogen (secondary N) is 1. The van der Waals surface area contributed by atoms with Crippen LogP contribution in [0.25, 0.3) is 0 Å². The van der Waals surface area contributed by atoms with E-state index < -0.39 is 5.82 Å². The van der Waals surface area contributed by atoms with E-state index in [1.54, 1.807) is 24.3 Å². The molecular formula is C21H25FN2O4. The molecular weight excluding hydrogens is 363 g/mol. The first-order chi connectivity index (χ1) is 13.6. The van der Waals surface area contributed by atoms with Gasteiger partial charge in [-0.05, 0) is 54.7 Å². The van der Waals surface area contributed by atoms with Crippen molar-refractivity contribution in [3.63, 3.8) is 0 Å². The molecule has 1 atom stereocenters. The highest BCUT2D eigenvalue weighted by molar-refractivity contribution is 5.94. The monoisotopic (exact) mass is 388 g/mol. The lowest BCUT2D eigenvalue weighted by molar-refractivity contribution is 0.0950. The molecule has 0 aromatic heterocycles. The van der Waals surface area contributed by atoms with Crippen LogP contribution in [0.1, 0.15) is 28.8 Å². The van der Waals surface area contributed by atoms with Crippen molar-refractivity contribution in [1.82, 2.24) is 5.32 Å². The molecule has 1 unspecified atom stereocenters.